The van der Waals surface area contributed by atoms with E-state index in [0.29, 0.717) is 29.1 Å². The predicted octanol–water partition coefficient (Wildman–Crippen LogP) is 5.73. The molecule has 4 rings (SSSR count). The maximum Gasteiger partial charge on any atom is 0.253 e. The lowest BCUT2D eigenvalue weighted by molar-refractivity contribution is 0.0652. The molecule has 3 aromatic rings. The number of amides is 1. The van der Waals surface area contributed by atoms with Gasteiger partial charge in [-0.1, -0.05) is 23.7 Å². The van der Waals surface area contributed by atoms with E-state index in [1.165, 1.54) is 0 Å². The second-order valence-corrected chi connectivity index (χ2v) is 7.89. The third kappa shape index (κ3) is 4.60. The Kier molecular flexibility index (Phi) is 5.81. The van der Waals surface area contributed by atoms with Gasteiger partial charge in [0.15, 0.2) is 5.78 Å². The summed E-state index contributed by atoms with van der Waals surface area (Å²) in [5.74, 6) is 1.01. The molecule has 0 spiro atoms. The van der Waals surface area contributed by atoms with Gasteiger partial charge in [0.25, 0.3) is 5.91 Å². The Bertz CT molecular complexity index is 995. The number of hydrogen-bond acceptors (Lipinski definition) is 3. The molecular weight excluding hydrogens is 386 g/mol. The normalized spacial score (nSPS) is 16.6. The highest BCUT2D eigenvalue weighted by atomic mass is 35.5. The molecule has 2 heterocycles. The molecule has 1 aliphatic heterocycles. The molecule has 1 aliphatic rings. The number of halogens is 1. The molecule has 0 aliphatic carbocycles. The summed E-state index contributed by atoms with van der Waals surface area (Å²) in [6, 6.07) is 18.2. The van der Waals surface area contributed by atoms with Crippen molar-refractivity contribution in [1.82, 2.24) is 4.90 Å². The van der Waals surface area contributed by atoms with Crippen molar-refractivity contribution in [3.05, 3.63) is 83.1 Å². The van der Waals surface area contributed by atoms with E-state index in [1.54, 1.807) is 30.5 Å². The largest absolute Gasteiger partial charge is 0.464 e. The zero-order chi connectivity index (χ0) is 20.2. The monoisotopic (exact) mass is 407 g/mol. The molecule has 2 aromatic carbocycles. The lowest BCUT2D eigenvalue weighted by Crippen LogP contribution is -2.40. The predicted molar refractivity (Wildman–Crippen MR) is 113 cm³/mol. The lowest BCUT2D eigenvalue weighted by Gasteiger charge is -2.32. The van der Waals surface area contributed by atoms with Gasteiger partial charge in [-0.25, -0.2) is 0 Å². The molecule has 1 aromatic heterocycles. The maximum absolute atomic E-state index is 13.1. The molecular formula is C24H22ClNO3. The summed E-state index contributed by atoms with van der Waals surface area (Å²) in [6.45, 7) is 1.32. The van der Waals surface area contributed by atoms with Crippen molar-refractivity contribution in [3.8, 4) is 11.3 Å². The molecule has 0 radical (unpaired) electrons. The fourth-order valence-electron chi connectivity index (χ4n) is 3.86. The second-order valence-electron chi connectivity index (χ2n) is 7.45. The molecule has 1 saturated heterocycles. The minimum Gasteiger partial charge on any atom is -0.464 e. The van der Waals surface area contributed by atoms with Crippen molar-refractivity contribution in [3.63, 3.8) is 0 Å². The minimum atomic E-state index is 0.00190. The van der Waals surface area contributed by atoms with Gasteiger partial charge in [-0.05, 0) is 67.3 Å². The SMILES string of the molecule is O=C(CC1CCCN(C(=O)c2cccc(-c3ccco3)c2)C1)c1ccc(Cl)cc1. The number of benzene rings is 2. The van der Waals surface area contributed by atoms with Gasteiger partial charge in [0, 0.05) is 41.2 Å². The average molecular weight is 408 g/mol. The summed E-state index contributed by atoms with van der Waals surface area (Å²) in [6.07, 6.45) is 3.92. The third-order valence-electron chi connectivity index (χ3n) is 5.36. The Morgan fingerprint density at radius 1 is 1.03 bits per heavy atom. The number of hydrogen-bond donors (Lipinski definition) is 0. The van der Waals surface area contributed by atoms with Gasteiger partial charge < -0.3 is 9.32 Å². The number of rotatable bonds is 5. The van der Waals surface area contributed by atoms with Gasteiger partial charge in [-0.15, -0.1) is 0 Å². The summed E-state index contributed by atoms with van der Waals surface area (Å²) >= 11 is 5.90. The first-order chi connectivity index (χ1) is 14.1. The van der Waals surface area contributed by atoms with Crippen molar-refractivity contribution >= 4 is 23.3 Å². The first-order valence-electron chi connectivity index (χ1n) is 9.82. The van der Waals surface area contributed by atoms with Crippen LogP contribution in [0.15, 0.2) is 71.3 Å². The van der Waals surface area contributed by atoms with Crippen LogP contribution >= 0.6 is 11.6 Å². The van der Waals surface area contributed by atoms with Crippen molar-refractivity contribution in [2.75, 3.05) is 13.1 Å². The Morgan fingerprint density at radius 2 is 1.86 bits per heavy atom. The van der Waals surface area contributed by atoms with Crippen LogP contribution in [-0.4, -0.2) is 29.7 Å². The Hall–Kier alpha value is -2.85. The summed E-state index contributed by atoms with van der Waals surface area (Å²) in [7, 11) is 0. The summed E-state index contributed by atoms with van der Waals surface area (Å²) in [4.78, 5) is 27.5. The van der Waals surface area contributed by atoms with Crippen LogP contribution in [0.4, 0.5) is 0 Å². The third-order valence-corrected chi connectivity index (χ3v) is 5.61. The molecule has 1 atom stereocenters. The number of piperidine rings is 1. The quantitative estimate of drug-likeness (QED) is 0.508. The summed E-state index contributed by atoms with van der Waals surface area (Å²) in [5, 5.41) is 0.618. The molecule has 0 N–H and O–H groups in total. The molecule has 1 amide bonds. The number of nitrogens with zero attached hydrogens (tertiary/aromatic N) is 1. The van der Waals surface area contributed by atoms with Crippen molar-refractivity contribution < 1.29 is 14.0 Å². The van der Waals surface area contributed by atoms with E-state index in [2.05, 4.69) is 0 Å². The van der Waals surface area contributed by atoms with Crippen LogP contribution in [0.3, 0.4) is 0 Å². The number of carbonyl (C=O) groups excluding carboxylic acids is 2. The minimum absolute atomic E-state index is 0.00190. The number of ketones is 1. The van der Waals surface area contributed by atoms with E-state index in [9.17, 15) is 9.59 Å². The molecule has 0 bridgehead atoms. The molecule has 1 unspecified atom stereocenters. The summed E-state index contributed by atoms with van der Waals surface area (Å²) in [5.41, 5.74) is 2.19. The Morgan fingerprint density at radius 3 is 2.62 bits per heavy atom. The van der Waals surface area contributed by atoms with E-state index < -0.39 is 0 Å². The van der Waals surface area contributed by atoms with Crippen molar-refractivity contribution in [2.45, 2.75) is 19.3 Å². The van der Waals surface area contributed by atoms with Crippen molar-refractivity contribution in [1.29, 1.82) is 0 Å². The van der Waals surface area contributed by atoms with Crippen LogP contribution in [0, 0.1) is 5.92 Å². The zero-order valence-electron chi connectivity index (χ0n) is 16.0. The van der Waals surface area contributed by atoms with Gasteiger partial charge in [-0.3, -0.25) is 9.59 Å². The van der Waals surface area contributed by atoms with Gasteiger partial charge in [0.2, 0.25) is 0 Å². The van der Waals surface area contributed by atoms with Gasteiger partial charge in [-0.2, -0.15) is 0 Å². The first kappa shape index (κ1) is 19.5. The lowest BCUT2D eigenvalue weighted by atomic mass is 9.90. The fraction of sp³-hybridized carbons (Fsp3) is 0.250. The summed E-state index contributed by atoms with van der Waals surface area (Å²) < 4.78 is 5.44. The topological polar surface area (TPSA) is 50.5 Å². The number of Topliss-reactive ketones (excluding diaryl/α,β-unsaturated/α-hetero) is 1. The van der Waals surface area contributed by atoms with Gasteiger partial charge >= 0.3 is 0 Å². The molecule has 0 saturated carbocycles. The number of likely N-dealkylation sites (tertiary alicyclic amines) is 1. The van der Waals surface area contributed by atoms with Crippen LogP contribution in [0.5, 0.6) is 0 Å². The van der Waals surface area contributed by atoms with Gasteiger partial charge in [0.1, 0.15) is 5.76 Å². The number of furan rings is 1. The van der Waals surface area contributed by atoms with Crippen LogP contribution in [0.2, 0.25) is 5.02 Å². The fourth-order valence-corrected chi connectivity index (χ4v) is 3.99. The Labute approximate surface area is 175 Å². The average Bonchev–Trinajstić information content (AvgIpc) is 3.29. The van der Waals surface area contributed by atoms with Crippen LogP contribution in [-0.2, 0) is 0 Å². The second kappa shape index (κ2) is 8.66. The number of carbonyl (C=O) groups is 2. The van der Waals surface area contributed by atoms with E-state index in [4.69, 9.17) is 16.0 Å². The highest BCUT2D eigenvalue weighted by molar-refractivity contribution is 6.30. The smallest absolute Gasteiger partial charge is 0.253 e. The first-order valence-corrected chi connectivity index (χ1v) is 10.2. The standard InChI is InChI=1S/C24H22ClNO3/c25-21-10-8-18(9-11-21)22(27)14-17-4-2-12-26(16-17)24(28)20-6-1-5-19(15-20)23-7-3-13-29-23/h1,3,5-11,13,15,17H,2,4,12,14,16H2. The van der Waals surface area contributed by atoms with E-state index in [1.807, 2.05) is 41.3 Å². The van der Waals surface area contributed by atoms with Crippen LogP contribution in [0.1, 0.15) is 40.0 Å². The van der Waals surface area contributed by atoms with E-state index in [-0.39, 0.29) is 17.6 Å². The molecule has 29 heavy (non-hydrogen) atoms. The van der Waals surface area contributed by atoms with E-state index in [0.717, 1.165) is 30.7 Å². The Balaban J connectivity index is 1.43. The molecule has 5 heteroatoms. The maximum atomic E-state index is 13.1. The van der Waals surface area contributed by atoms with Crippen molar-refractivity contribution in [2.24, 2.45) is 5.92 Å². The van der Waals surface area contributed by atoms with Gasteiger partial charge in [0.05, 0.1) is 6.26 Å². The van der Waals surface area contributed by atoms with Crippen LogP contribution < -0.4 is 0 Å². The van der Waals surface area contributed by atoms with Crippen LogP contribution in [0.25, 0.3) is 11.3 Å². The highest BCUT2D eigenvalue weighted by Gasteiger charge is 2.26. The molecule has 4 nitrogen and oxygen atoms in total. The van der Waals surface area contributed by atoms with E-state index >= 15 is 0 Å². The molecule has 148 valence electrons. The molecule has 1 fully saturated rings. The zero-order valence-corrected chi connectivity index (χ0v) is 16.8. The highest BCUT2D eigenvalue weighted by Crippen LogP contribution is 2.25.